The molecule has 3 aromatic rings. The van der Waals surface area contributed by atoms with Crippen LogP contribution in [0.4, 0.5) is 11.4 Å². The summed E-state index contributed by atoms with van der Waals surface area (Å²) >= 11 is 0. The Labute approximate surface area is 168 Å². The molecule has 1 amide bonds. The fourth-order valence-electron chi connectivity index (χ4n) is 3.72. The maximum atomic E-state index is 13.7. The van der Waals surface area contributed by atoms with Crippen LogP contribution in [0.15, 0.2) is 60.7 Å². The summed E-state index contributed by atoms with van der Waals surface area (Å²) in [4.78, 5) is 15.6. The molecule has 3 nitrogen and oxygen atoms in total. The van der Waals surface area contributed by atoms with Gasteiger partial charge in [0.2, 0.25) is 0 Å². The number of carbonyl (C=O) groups is 1. The van der Waals surface area contributed by atoms with Gasteiger partial charge in [-0.1, -0.05) is 59.7 Å². The zero-order valence-corrected chi connectivity index (χ0v) is 17.3. The lowest BCUT2D eigenvalue weighted by Gasteiger charge is -2.27. The van der Waals surface area contributed by atoms with Crippen LogP contribution in [0.5, 0.6) is 0 Å². The van der Waals surface area contributed by atoms with Gasteiger partial charge in [0.15, 0.2) is 0 Å². The highest BCUT2D eigenvalue weighted by Crippen LogP contribution is 2.30. The van der Waals surface area contributed by atoms with Crippen LogP contribution in [0, 0.1) is 27.7 Å². The highest BCUT2D eigenvalue weighted by Gasteiger charge is 2.23. The Kier molecular flexibility index (Phi) is 5.84. The van der Waals surface area contributed by atoms with Crippen molar-refractivity contribution in [3.63, 3.8) is 0 Å². The molecule has 0 aliphatic carbocycles. The van der Waals surface area contributed by atoms with E-state index in [1.54, 1.807) is 0 Å². The van der Waals surface area contributed by atoms with E-state index in [2.05, 4.69) is 55.6 Å². The number of nitrogens with one attached hydrogen (secondary N) is 1. The molecule has 0 saturated heterocycles. The number of hydrogen-bond donors (Lipinski definition) is 1. The smallest absolute Gasteiger partial charge is 0.259 e. The highest BCUT2D eigenvalue weighted by molar-refractivity contribution is 6.09. The summed E-state index contributed by atoms with van der Waals surface area (Å²) in [5.74, 6) is 0.0262. The van der Waals surface area contributed by atoms with E-state index in [9.17, 15) is 4.79 Å². The van der Waals surface area contributed by atoms with Gasteiger partial charge in [-0.3, -0.25) is 4.79 Å². The minimum absolute atomic E-state index is 0.0262. The van der Waals surface area contributed by atoms with Gasteiger partial charge in [0.1, 0.15) is 0 Å². The van der Waals surface area contributed by atoms with Crippen molar-refractivity contribution in [3.05, 3.63) is 94.0 Å². The summed E-state index contributed by atoms with van der Waals surface area (Å²) in [6.07, 6.45) is 0. The Balaban J connectivity index is 2.10. The summed E-state index contributed by atoms with van der Waals surface area (Å²) in [6, 6.07) is 20.5. The summed E-state index contributed by atoms with van der Waals surface area (Å²) in [6.45, 7) is 8.68. The molecule has 3 aromatic carbocycles. The molecule has 144 valence electrons. The molecule has 0 saturated carbocycles. The molecule has 3 rings (SSSR count). The predicted molar refractivity (Wildman–Crippen MR) is 118 cm³/mol. The minimum atomic E-state index is 0.0262. The number of carbonyl (C=O) groups excluding carboxylic acids is 1. The number of para-hydroxylation sites is 2. The quantitative estimate of drug-likeness (QED) is 0.613. The second kappa shape index (κ2) is 8.30. The lowest BCUT2D eigenvalue weighted by molar-refractivity contribution is 0.0984. The summed E-state index contributed by atoms with van der Waals surface area (Å²) < 4.78 is 0. The molecule has 3 heteroatoms. The van der Waals surface area contributed by atoms with E-state index < -0.39 is 0 Å². The third-order valence-electron chi connectivity index (χ3n) is 5.06. The predicted octanol–water partition coefficient (Wildman–Crippen LogP) is 5.81. The van der Waals surface area contributed by atoms with E-state index in [1.165, 1.54) is 11.1 Å². The first-order valence-electron chi connectivity index (χ1n) is 9.62. The van der Waals surface area contributed by atoms with E-state index in [1.807, 2.05) is 50.1 Å². The van der Waals surface area contributed by atoms with Gasteiger partial charge < -0.3 is 10.2 Å². The molecule has 0 aromatic heterocycles. The largest absolute Gasteiger partial charge is 0.386 e. The lowest BCUT2D eigenvalue weighted by atomic mass is 9.98. The van der Waals surface area contributed by atoms with Gasteiger partial charge >= 0.3 is 0 Å². The standard InChI is InChI=1S/C25H28N2O/c1-17-10-12-21(13-11-17)16-27(23-9-7-6-8-22(23)26-5)25(28)24-19(3)14-18(2)15-20(24)4/h6-15,26H,16H2,1-5H3. The number of benzene rings is 3. The second-order valence-corrected chi connectivity index (χ2v) is 7.42. The summed E-state index contributed by atoms with van der Waals surface area (Å²) in [5.41, 5.74) is 8.11. The van der Waals surface area contributed by atoms with Crippen molar-refractivity contribution >= 4 is 17.3 Å². The summed E-state index contributed by atoms with van der Waals surface area (Å²) in [7, 11) is 1.88. The van der Waals surface area contributed by atoms with Crippen molar-refractivity contribution in [2.24, 2.45) is 0 Å². The maximum Gasteiger partial charge on any atom is 0.259 e. The molecule has 0 radical (unpaired) electrons. The molecule has 0 heterocycles. The number of aryl methyl sites for hydroxylation is 4. The average Bonchev–Trinajstić information content (AvgIpc) is 2.66. The lowest BCUT2D eigenvalue weighted by Crippen LogP contribution is -2.32. The number of amides is 1. The molecule has 0 aliphatic rings. The Morgan fingerprint density at radius 1 is 0.857 bits per heavy atom. The van der Waals surface area contributed by atoms with Crippen molar-refractivity contribution in [3.8, 4) is 0 Å². The molecule has 28 heavy (non-hydrogen) atoms. The molecular formula is C25H28N2O. The van der Waals surface area contributed by atoms with Crippen molar-refractivity contribution in [1.29, 1.82) is 0 Å². The first-order chi connectivity index (χ1) is 13.4. The third-order valence-corrected chi connectivity index (χ3v) is 5.06. The number of rotatable bonds is 5. The van der Waals surface area contributed by atoms with Crippen LogP contribution in [0.25, 0.3) is 0 Å². The molecular weight excluding hydrogens is 344 g/mol. The molecule has 0 atom stereocenters. The normalized spacial score (nSPS) is 10.6. The first kappa shape index (κ1) is 19.7. The van der Waals surface area contributed by atoms with Gasteiger partial charge in [0.05, 0.1) is 17.9 Å². The van der Waals surface area contributed by atoms with Crippen LogP contribution in [0.1, 0.15) is 38.2 Å². The first-order valence-corrected chi connectivity index (χ1v) is 9.62. The van der Waals surface area contributed by atoms with E-state index in [-0.39, 0.29) is 5.91 Å². The summed E-state index contributed by atoms with van der Waals surface area (Å²) in [5, 5.41) is 3.22. The molecule has 0 unspecified atom stereocenters. The van der Waals surface area contributed by atoms with Crippen molar-refractivity contribution < 1.29 is 4.79 Å². The van der Waals surface area contributed by atoms with Crippen molar-refractivity contribution in [1.82, 2.24) is 0 Å². The number of hydrogen-bond acceptors (Lipinski definition) is 2. The highest BCUT2D eigenvalue weighted by atomic mass is 16.2. The molecule has 1 N–H and O–H groups in total. The van der Waals surface area contributed by atoms with Gasteiger partial charge in [-0.05, 0) is 56.5 Å². The van der Waals surface area contributed by atoms with Gasteiger partial charge in [0.25, 0.3) is 5.91 Å². The van der Waals surface area contributed by atoms with E-state index in [0.29, 0.717) is 6.54 Å². The zero-order valence-electron chi connectivity index (χ0n) is 17.3. The van der Waals surface area contributed by atoms with E-state index >= 15 is 0 Å². The number of anilines is 2. The second-order valence-electron chi connectivity index (χ2n) is 7.42. The Bertz CT molecular complexity index is 967. The van der Waals surface area contributed by atoms with Gasteiger partial charge in [0, 0.05) is 12.6 Å². The van der Waals surface area contributed by atoms with Crippen LogP contribution in [0.3, 0.4) is 0 Å². The van der Waals surface area contributed by atoms with Gasteiger partial charge in [-0.15, -0.1) is 0 Å². The SMILES string of the molecule is CNc1ccccc1N(Cc1ccc(C)cc1)C(=O)c1c(C)cc(C)cc1C. The maximum absolute atomic E-state index is 13.7. The number of nitrogens with zero attached hydrogens (tertiary/aromatic N) is 1. The molecule has 0 spiro atoms. The molecule has 0 bridgehead atoms. The van der Waals surface area contributed by atoms with Crippen LogP contribution in [-0.2, 0) is 6.54 Å². The fraction of sp³-hybridized carbons (Fsp3) is 0.240. The van der Waals surface area contributed by atoms with Crippen LogP contribution < -0.4 is 10.2 Å². The Morgan fingerprint density at radius 2 is 1.46 bits per heavy atom. The van der Waals surface area contributed by atoms with E-state index in [4.69, 9.17) is 0 Å². The molecule has 0 fully saturated rings. The van der Waals surface area contributed by atoms with Crippen LogP contribution >= 0.6 is 0 Å². The Hall–Kier alpha value is -3.07. The van der Waals surface area contributed by atoms with Crippen LogP contribution in [-0.4, -0.2) is 13.0 Å². The average molecular weight is 373 g/mol. The van der Waals surface area contributed by atoms with Crippen LogP contribution in [0.2, 0.25) is 0 Å². The van der Waals surface area contributed by atoms with E-state index in [0.717, 1.165) is 33.6 Å². The van der Waals surface area contributed by atoms with Crippen molar-refractivity contribution in [2.75, 3.05) is 17.3 Å². The Morgan fingerprint density at radius 3 is 2.07 bits per heavy atom. The van der Waals surface area contributed by atoms with Gasteiger partial charge in [-0.25, -0.2) is 0 Å². The molecule has 0 aliphatic heterocycles. The minimum Gasteiger partial charge on any atom is -0.386 e. The van der Waals surface area contributed by atoms with Crippen molar-refractivity contribution in [2.45, 2.75) is 34.2 Å². The topological polar surface area (TPSA) is 32.3 Å². The monoisotopic (exact) mass is 372 g/mol. The van der Waals surface area contributed by atoms with Gasteiger partial charge in [-0.2, -0.15) is 0 Å². The third kappa shape index (κ3) is 4.09. The zero-order chi connectivity index (χ0) is 20.3. The fourth-order valence-corrected chi connectivity index (χ4v) is 3.72.